The molecule has 110 valence electrons. The third-order valence-corrected chi connectivity index (χ3v) is 3.40. The average molecular weight is 287 g/mol. The molecule has 3 rings (SSSR count). The fourth-order valence-corrected chi connectivity index (χ4v) is 2.00. The molecule has 2 N–H and O–H groups in total. The van der Waals surface area contributed by atoms with Gasteiger partial charge in [0.05, 0.1) is 6.61 Å². The molecule has 21 heavy (non-hydrogen) atoms. The highest BCUT2D eigenvalue weighted by molar-refractivity contribution is 5.95. The van der Waals surface area contributed by atoms with Crippen LogP contribution in [0.5, 0.6) is 0 Å². The van der Waals surface area contributed by atoms with Gasteiger partial charge < -0.3 is 14.9 Å². The Kier molecular flexibility index (Phi) is 3.70. The summed E-state index contributed by atoms with van der Waals surface area (Å²) < 4.78 is 5.23. The predicted octanol–water partition coefficient (Wildman–Crippen LogP) is 1.72. The van der Waals surface area contributed by atoms with Gasteiger partial charge in [0.1, 0.15) is 0 Å². The molecule has 0 aliphatic heterocycles. The second kappa shape index (κ2) is 5.65. The highest BCUT2D eigenvalue weighted by atomic mass is 16.5. The van der Waals surface area contributed by atoms with E-state index in [-0.39, 0.29) is 18.6 Å². The van der Waals surface area contributed by atoms with E-state index in [0.717, 1.165) is 18.4 Å². The second-order valence-electron chi connectivity index (χ2n) is 5.37. The summed E-state index contributed by atoms with van der Waals surface area (Å²) in [5.74, 6) is 1.35. The Hall–Kier alpha value is -2.21. The first-order valence-electron chi connectivity index (χ1n) is 7.03. The lowest BCUT2D eigenvalue weighted by atomic mass is 10.1. The van der Waals surface area contributed by atoms with Crippen LogP contribution < -0.4 is 5.32 Å². The van der Waals surface area contributed by atoms with Crippen molar-refractivity contribution in [1.82, 2.24) is 15.5 Å². The smallest absolute Gasteiger partial charge is 0.251 e. The minimum atomic E-state index is -0.284. The zero-order valence-corrected chi connectivity index (χ0v) is 11.7. The van der Waals surface area contributed by atoms with E-state index in [4.69, 9.17) is 9.63 Å². The first-order chi connectivity index (χ1) is 10.2. The molecule has 0 saturated heterocycles. The maximum Gasteiger partial charge on any atom is 0.251 e. The molecule has 1 saturated carbocycles. The van der Waals surface area contributed by atoms with Crippen molar-refractivity contribution in [1.29, 1.82) is 0 Å². The molecular formula is C15H17N3O3. The molecule has 1 atom stereocenters. The van der Waals surface area contributed by atoms with Crippen LogP contribution in [0.1, 0.15) is 41.9 Å². The Morgan fingerprint density at radius 2 is 2.33 bits per heavy atom. The number of carbonyl (C=O) groups excluding carboxylic acids is 1. The van der Waals surface area contributed by atoms with Crippen LogP contribution in [0.3, 0.4) is 0 Å². The molecule has 0 spiro atoms. The van der Waals surface area contributed by atoms with Gasteiger partial charge >= 0.3 is 0 Å². The van der Waals surface area contributed by atoms with E-state index in [1.165, 1.54) is 0 Å². The normalized spacial score (nSPS) is 15.7. The Morgan fingerprint density at radius 3 is 3.05 bits per heavy atom. The molecule has 1 aliphatic rings. The van der Waals surface area contributed by atoms with Gasteiger partial charge in [-0.25, -0.2) is 0 Å². The number of hydrogen-bond acceptors (Lipinski definition) is 5. The molecule has 1 aliphatic carbocycles. The number of benzene rings is 1. The quantitative estimate of drug-likeness (QED) is 0.874. The van der Waals surface area contributed by atoms with E-state index >= 15 is 0 Å². The third-order valence-electron chi connectivity index (χ3n) is 3.40. The SMILES string of the molecule is CC(CO)NC(=O)c1cccc(-c2noc(C3CC3)n2)c1. The van der Waals surface area contributed by atoms with Gasteiger partial charge in [-0.05, 0) is 31.9 Å². The fraction of sp³-hybridized carbons (Fsp3) is 0.400. The van der Waals surface area contributed by atoms with Crippen LogP contribution >= 0.6 is 0 Å². The summed E-state index contributed by atoms with van der Waals surface area (Å²) in [5, 5.41) is 15.6. The fourth-order valence-electron chi connectivity index (χ4n) is 2.00. The Balaban J connectivity index is 1.80. The molecule has 1 aromatic carbocycles. The Morgan fingerprint density at radius 1 is 1.52 bits per heavy atom. The topological polar surface area (TPSA) is 88.2 Å². The highest BCUT2D eigenvalue weighted by Crippen LogP contribution is 2.39. The van der Waals surface area contributed by atoms with Crippen LogP contribution in [0.4, 0.5) is 0 Å². The van der Waals surface area contributed by atoms with Crippen molar-refractivity contribution in [2.75, 3.05) is 6.61 Å². The lowest BCUT2D eigenvalue weighted by Crippen LogP contribution is -2.34. The van der Waals surface area contributed by atoms with E-state index in [1.807, 2.05) is 6.07 Å². The number of aliphatic hydroxyl groups is 1. The van der Waals surface area contributed by atoms with E-state index in [0.29, 0.717) is 23.2 Å². The molecule has 1 fully saturated rings. The molecule has 1 amide bonds. The molecular weight excluding hydrogens is 270 g/mol. The number of hydrogen-bond donors (Lipinski definition) is 2. The minimum Gasteiger partial charge on any atom is -0.394 e. The Bertz CT molecular complexity index is 649. The molecule has 0 radical (unpaired) electrons. The molecule has 6 nitrogen and oxygen atoms in total. The van der Waals surface area contributed by atoms with E-state index in [2.05, 4.69) is 15.5 Å². The molecule has 1 aromatic heterocycles. The van der Waals surface area contributed by atoms with Gasteiger partial charge in [0, 0.05) is 23.1 Å². The lowest BCUT2D eigenvalue weighted by Gasteiger charge is -2.10. The maximum atomic E-state index is 12.0. The first kappa shape index (κ1) is 13.8. The van der Waals surface area contributed by atoms with Crippen LogP contribution in [0.2, 0.25) is 0 Å². The maximum absolute atomic E-state index is 12.0. The zero-order chi connectivity index (χ0) is 14.8. The van der Waals surface area contributed by atoms with Crippen molar-refractivity contribution in [2.24, 2.45) is 0 Å². The molecule has 2 aromatic rings. The standard InChI is InChI=1S/C15H17N3O3/c1-9(8-19)16-14(20)12-4-2-3-11(7-12)13-17-15(21-18-13)10-5-6-10/h2-4,7,9-10,19H,5-6,8H2,1H3,(H,16,20). The highest BCUT2D eigenvalue weighted by Gasteiger charge is 2.29. The van der Waals surface area contributed by atoms with Crippen molar-refractivity contribution in [3.8, 4) is 11.4 Å². The van der Waals surface area contributed by atoms with Gasteiger partial charge in [0.25, 0.3) is 5.91 Å². The Labute approximate surface area is 122 Å². The first-order valence-corrected chi connectivity index (χ1v) is 7.03. The van der Waals surface area contributed by atoms with Gasteiger partial charge in [0.2, 0.25) is 11.7 Å². The minimum absolute atomic E-state index is 0.0962. The summed E-state index contributed by atoms with van der Waals surface area (Å²) in [6.45, 7) is 1.64. The number of rotatable bonds is 5. The predicted molar refractivity (Wildman–Crippen MR) is 75.7 cm³/mol. The monoisotopic (exact) mass is 287 g/mol. The zero-order valence-electron chi connectivity index (χ0n) is 11.7. The van der Waals surface area contributed by atoms with Gasteiger partial charge in [-0.2, -0.15) is 4.98 Å². The molecule has 0 bridgehead atoms. The summed E-state index contributed by atoms with van der Waals surface area (Å²) >= 11 is 0. The number of nitrogens with zero attached hydrogens (tertiary/aromatic N) is 2. The second-order valence-corrected chi connectivity index (χ2v) is 5.37. The molecule has 1 unspecified atom stereocenters. The number of aromatic nitrogens is 2. The average Bonchev–Trinajstić information content (AvgIpc) is 3.24. The van der Waals surface area contributed by atoms with Crippen molar-refractivity contribution in [3.05, 3.63) is 35.7 Å². The van der Waals surface area contributed by atoms with Crippen LogP contribution in [0.25, 0.3) is 11.4 Å². The number of amides is 1. The summed E-state index contributed by atoms with van der Waals surface area (Å²) in [4.78, 5) is 16.4. The summed E-state index contributed by atoms with van der Waals surface area (Å²) in [6.07, 6.45) is 2.20. The van der Waals surface area contributed by atoms with Gasteiger partial charge in [-0.3, -0.25) is 4.79 Å². The van der Waals surface area contributed by atoms with Crippen molar-refractivity contribution >= 4 is 5.91 Å². The lowest BCUT2D eigenvalue weighted by molar-refractivity contribution is 0.0922. The summed E-state index contributed by atoms with van der Waals surface area (Å²) in [5.41, 5.74) is 1.25. The van der Waals surface area contributed by atoms with Gasteiger partial charge in [-0.1, -0.05) is 17.3 Å². The van der Waals surface area contributed by atoms with E-state index in [1.54, 1.807) is 25.1 Å². The number of carbonyl (C=O) groups is 1. The van der Waals surface area contributed by atoms with Crippen molar-refractivity contribution < 1.29 is 14.4 Å². The van der Waals surface area contributed by atoms with Gasteiger partial charge in [0.15, 0.2) is 0 Å². The largest absolute Gasteiger partial charge is 0.394 e. The van der Waals surface area contributed by atoms with Gasteiger partial charge in [-0.15, -0.1) is 0 Å². The van der Waals surface area contributed by atoms with E-state index in [9.17, 15) is 4.79 Å². The number of nitrogens with one attached hydrogen (secondary N) is 1. The summed E-state index contributed by atoms with van der Waals surface area (Å²) in [7, 11) is 0. The van der Waals surface area contributed by atoms with Crippen LogP contribution in [-0.2, 0) is 0 Å². The van der Waals surface area contributed by atoms with E-state index < -0.39 is 0 Å². The third kappa shape index (κ3) is 3.11. The molecule has 1 heterocycles. The summed E-state index contributed by atoms with van der Waals surface area (Å²) in [6, 6.07) is 6.77. The van der Waals surface area contributed by atoms with Crippen LogP contribution in [0, 0.1) is 0 Å². The van der Waals surface area contributed by atoms with Crippen LogP contribution in [-0.4, -0.2) is 33.8 Å². The van der Waals surface area contributed by atoms with Crippen molar-refractivity contribution in [3.63, 3.8) is 0 Å². The van der Waals surface area contributed by atoms with Crippen LogP contribution in [0.15, 0.2) is 28.8 Å². The molecule has 6 heteroatoms. The van der Waals surface area contributed by atoms with Crippen molar-refractivity contribution in [2.45, 2.75) is 31.7 Å². The number of aliphatic hydroxyl groups excluding tert-OH is 1.